The molecule has 0 radical (unpaired) electrons. The standard InChI is InChI=1S/C18H14FNO3S2/c1-22-14-8-3-5-11(16(14)23-2)9-15-17(21)20(18(24)25-15)13-7-4-6-12(19)10-13/h3-10H,1-2H3/b15-9-. The first-order valence-electron chi connectivity index (χ1n) is 7.29. The van der Waals surface area contributed by atoms with Crippen molar-refractivity contribution in [2.24, 2.45) is 0 Å². The average Bonchev–Trinajstić information content (AvgIpc) is 2.88. The van der Waals surface area contributed by atoms with Gasteiger partial charge < -0.3 is 9.47 Å². The van der Waals surface area contributed by atoms with Gasteiger partial charge in [0, 0.05) is 5.56 Å². The highest BCUT2D eigenvalue weighted by Gasteiger charge is 2.33. The maximum atomic E-state index is 13.5. The Morgan fingerprint density at radius 2 is 1.92 bits per heavy atom. The summed E-state index contributed by atoms with van der Waals surface area (Å²) in [7, 11) is 3.08. The van der Waals surface area contributed by atoms with Crippen molar-refractivity contribution in [3.63, 3.8) is 0 Å². The van der Waals surface area contributed by atoms with Gasteiger partial charge in [-0.15, -0.1) is 0 Å². The summed E-state index contributed by atoms with van der Waals surface area (Å²) >= 11 is 6.45. The summed E-state index contributed by atoms with van der Waals surface area (Å²) in [6, 6.07) is 11.2. The van der Waals surface area contributed by atoms with Crippen LogP contribution < -0.4 is 14.4 Å². The number of hydrogen-bond donors (Lipinski definition) is 0. The van der Waals surface area contributed by atoms with Crippen molar-refractivity contribution in [2.45, 2.75) is 0 Å². The van der Waals surface area contributed by atoms with Gasteiger partial charge in [0.05, 0.1) is 24.8 Å². The molecule has 1 saturated heterocycles. The molecular formula is C18H14FNO3S2. The summed E-state index contributed by atoms with van der Waals surface area (Å²) in [5, 5.41) is 0. The molecular weight excluding hydrogens is 361 g/mol. The number of thiocarbonyl (C=S) groups is 1. The number of carbonyl (C=O) groups is 1. The molecule has 0 aliphatic carbocycles. The molecule has 1 aliphatic rings. The van der Waals surface area contributed by atoms with Crippen LogP contribution in [0, 0.1) is 5.82 Å². The second kappa shape index (κ2) is 7.25. The Labute approximate surface area is 154 Å². The van der Waals surface area contributed by atoms with E-state index in [1.165, 1.54) is 30.2 Å². The van der Waals surface area contributed by atoms with Crippen LogP contribution in [0.3, 0.4) is 0 Å². The fourth-order valence-corrected chi connectivity index (χ4v) is 3.76. The van der Waals surface area contributed by atoms with Gasteiger partial charge in [-0.2, -0.15) is 0 Å². The summed E-state index contributed by atoms with van der Waals surface area (Å²) in [5.74, 6) is 0.369. The van der Waals surface area contributed by atoms with Crippen molar-refractivity contribution < 1.29 is 18.7 Å². The van der Waals surface area contributed by atoms with Crippen LogP contribution in [0.1, 0.15) is 5.56 Å². The molecule has 0 N–H and O–H groups in total. The Kier molecular flexibility index (Phi) is 5.06. The van der Waals surface area contributed by atoms with E-state index in [1.807, 2.05) is 6.07 Å². The molecule has 7 heteroatoms. The topological polar surface area (TPSA) is 38.8 Å². The van der Waals surface area contributed by atoms with E-state index in [9.17, 15) is 9.18 Å². The predicted molar refractivity (Wildman–Crippen MR) is 102 cm³/mol. The Morgan fingerprint density at radius 1 is 1.16 bits per heavy atom. The van der Waals surface area contributed by atoms with E-state index in [-0.39, 0.29) is 5.91 Å². The molecule has 0 saturated carbocycles. The van der Waals surface area contributed by atoms with Crippen molar-refractivity contribution in [2.75, 3.05) is 19.1 Å². The van der Waals surface area contributed by atoms with Crippen molar-refractivity contribution in [3.05, 3.63) is 58.8 Å². The highest BCUT2D eigenvalue weighted by Crippen LogP contribution is 2.39. The number of rotatable bonds is 4. The summed E-state index contributed by atoms with van der Waals surface area (Å²) in [5.41, 5.74) is 1.10. The number of thioether (sulfide) groups is 1. The largest absolute Gasteiger partial charge is 0.493 e. The molecule has 1 fully saturated rings. The van der Waals surface area contributed by atoms with Gasteiger partial charge in [-0.3, -0.25) is 9.69 Å². The first kappa shape index (κ1) is 17.4. The van der Waals surface area contributed by atoms with E-state index in [2.05, 4.69) is 0 Å². The SMILES string of the molecule is COc1cccc(/C=C2\SC(=S)N(c3cccc(F)c3)C2=O)c1OC. The van der Waals surface area contributed by atoms with E-state index in [0.717, 1.165) is 11.8 Å². The van der Waals surface area contributed by atoms with E-state index in [4.69, 9.17) is 21.7 Å². The van der Waals surface area contributed by atoms with Crippen molar-refractivity contribution >= 4 is 46.0 Å². The molecule has 1 heterocycles. The molecule has 0 spiro atoms. The third-order valence-electron chi connectivity index (χ3n) is 3.58. The van der Waals surface area contributed by atoms with Gasteiger partial charge in [0.1, 0.15) is 5.82 Å². The number of nitrogens with zero attached hydrogens (tertiary/aromatic N) is 1. The minimum atomic E-state index is -0.426. The molecule has 1 aliphatic heterocycles. The first-order valence-corrected chi connectivity index (χ1v) is 8.52. The predicted octanol–water partition coefficient (Wildman–Crippen LogP) is 4.25. The molecule has 1 amide bonds. The summed E-state index contributed by atoms with van der Waals surface area (Å²) < 4.78 is 24.5. The number of methoxy groups -OCH3 is 2. The molecule has 2 aromatic carbocycles. The minimum Gasteiger partial charge on any atom is -0.493 e. The van der Waals surface area contributed by atoms with Gasteiger partial charge in [-0.05, 0) is 30.3 Å². The van der Waals surface area contributed by atoms with Crippen molar-refractivity contribution in [1.82, 2.24) is 0 Å². The summed E-state index contributed by atoms with van der Waals surface area (Å²) in [4.78, 5) is 14.5. The Hall–Kier alpha value is -2.38. The van der Waals surface area contributed by atoms with Gasteiger partial charge in [0.2, 0.25) is 0 Å². The number of para-hydroxylation sites is 1. The third kappa shape index (κ3) is 3.38. The lowest BCUT2D eigenvalue weighted by Crippen LogP contribution is -2.27. The first-order chi connectivity index (χ1) is 12.0. The highest BCUT2D eigenvalue weighted by molar-refractivity contribution is 8.27. The van der Waals surface area contributed by atoms with Crippen LogP contribution in [-0.4, -0.2) is 24.4 Å². The van der Waals surface area contributed by atoms with Crippen LogP contribution in [0.25, 0.3) is 6.08 Å². The number of amides is 1. The number of hydrogen-bond acceptors (Lipinski definition) is 5. The Morgan fingerprint density at radius 3 is 2.60 bits per heavy atom. The molecule has 4 nitrogen and oxygen atoms in total. The fraction of sp³-hybridized carbons (Fsp3) is 0.111. The second-order valence-electron chi connectivity index (χ2n) is 5.08. The van der Waals surface area contributed by atoms with Crippen LogP contribution in [0.4, 0.5) is 10.1 Å². The maximum absolute atomic E-state index is 13.5. The number of ether oxygens (including phenoxy) is 2. The van der Waals surface area contributed by atoms with Crippen LogP contribution in [0.5, 0.6) is 11.5 Å². The average molecular weight is 375 g/mol. The van der Waals surface area contributed by atoms with Gasteiger partial charge in [0.15, 0.2) is 15.8 Å². The van der Waals surface area contributed by atoms with E-state index in [1.54, 1.807) is 31.4 Å². The van der Waals surface area contributed by atoms with Gasteiger partial charge in [0.25, 0.3) is 5.91 Å². The lowest BCUT2D eigenvalue weighted by atomic mass is 10.1. The number of halogens is 1. The smallest absolute Gasteiger partial charge is 0.270 e. The quantitative estimate of drug-likeness (QED) is 0.590. The van der Waals surface area contributed by atoms with Crippen LogP contribution in [0.15, 0.2) is 47.4 Å². The normalized spacial score (nSPS) is 15.8. The van der Waals surface area contributed by atoms with E-state index in [0.29, 0.717) is 32.0 Å². The van der Waals surface area contributed by atoms with Crippen LogP contribution in [-0.2, 0) is 4.79 Å². The number of benzene rings is 2. The van der Waals surface area contributed by atoms with Gasteiger partial charge >= 0.3 is 0 Å². The van der Waals surface area contributed by atoms with Crippen LogP contribution in [0.2, 0.25) is 0 Å². The van der Waals surface area contributed by atoms with Crippen molar-refractivity contribution in [3.8, 4) is 11.5 Å². The highest BCUT2D eigenvalue weighted by atomic mass is 32.2. The Bertz CT molecular complexity index is 882. The van der Waals surface area contributed by atoms with E-state index >= 15 is 0 Å². The molecule has 0 unspecified atom stereocenters. The zero-order valence-corrected chi connectivity index (χ0v) is 15.1. The fourth-order valence-electron chi connectivity index (χ4n) is 2.47. The lowest BCUT2D eigenvalue weighted by molar-refractivity contribution is -0.113. The molecule has 0 bridgehead atoms. The molecule has 3 rings (SSSR count). The second-order valence-corrected chi connectivity index (χ2v) is 6.76. The zero-order valence-electron chi connectivity index (χ0n) is 13.5. The van der Waals surface area contributed by atoms with E-state index < -0.39 is 5.82 Å². The maximum Gasteiger partial charge on any atom is 0.270 e. The summed E-state index contributed by atoms with van der Waals surface area (Å²) in [6.07, 6.45) is 1.69. The molecule has 0 atom stereocenters. The minimum absolute atomic E-state index is 0.300. The number of carbonyl (C=O) groups excluding carboxylic acids is 1. The van der Waals surface area contributed by atoms with Gasteiger partial charge in [-0.1, -0.05) is 42.2 Å². The molecule has 2 aromatic rings. The summed E-state index contributed by atoms with van der Waals surface area (Å²) in [6.45, 7) is 0. The van der Waals surface area contributed by atoms with Crippen LogP contribution >= 0.6 is 24.0 Å². The van der Waals surface area contributed by atoms with Gasteiger partial charge in [-0.25, -0.2) is 4.39 Å². The monoisotopic (exact) mass is 375 g/mol. The van der Waals surface area contributed by atoms with Crippen molar-refractivity contribution in [1.29, 1.82) is 0 Å². The zero-order chi connectivity index (χ0) is 18.0. The lowest BCUT2D eigenvalue weighted by Gasteiger charge is -2.14. The molecule has 25 heavy (non-hydrogen) atoms. The third-order valence-corrected chi connectivity index (χ3v) is 4.88. The molecule has 128 valence electrons. The molecule has 0 aromatic heterocycles. The number of anilines is 1. The Balaban J connectivity index is 1.99.